The van der Waals surface area contributed by atoms with E-state index in [1.165, 1.54) is 5.56 Å². The Balaban J connectivity index is 1.54. The fourth-order valence-corrected chi connectivity index (χ4v) is 5.88. The Morgan fingerprint density at radius 3 is 2.55 bits per heavy atom. The summed E-state index contributed by atoms with van der Waals surface area (Å²) < 4.78 is 4.08. The van der Waals surface area contributed by atoms with Gasteiger partial charge in [-0.25, -0.2) is 0 Å². The molecular formula is C31H34N6O2S. The van der Waals surface area contributed by atoms with Crippen molar-refractivity contribution in [3.05, 3.63) is 94.8 Å². The van der Waals surface area contributed by atoms with Gasteiger partial charge >= 0.3 is 0 Å². The van der Waals surface area contributed by atoms with Crippen LogP contribution in [-0.2, 0) is 24.3 Å². The normalized spacial score (nSPS) is 14.8. The average molecular weight is 555 g/mol. The number of hydrogen-bond acceptors (Lipinski definition) is 7. The molecule has 40 heavy (non-hydrogen) atoms. The van der Waals surface area contributed by atoms with Crippen LogP contribution >= 0.6 is 11.5 Å². The number of benzene rings is 2. The number of anilines is 1. The number of pyridine rings is 1. The highest BCUT2D eigenvalue weighted by molar-refractivity contribution is 7.08. The molecule has 0 saturated heterocycles. The van der Waals surface area contributed by atoms with E-state index < -0.39 is 0 Å². The van der Waals surface area contributed by atoms with E-state index in [9.17, 15) is 9.59 Å². The molecular weight excluding hydrogens is 520 g/mol. The van der Waals surface area contributed by atoms with Crippen LogP contribution in [0.15, 0.2) is 73.1 Å². The number of aromatic nitrogens is 3. The molecule has 9 heteroatoms. The lowest BCUT2D eigenvalue weighted by molar-refractivity contribution is -0.116. The lowest BCUT2D eigenvalue weighted by atomic mass is 10.0. The van der Waals surface area contributed by atoms with Gasteiger partial charge in [-0.3, -0.25) is 19.5 Å². The van der Waals surface area contributed by atoms with Crippen molar-refractivity contribution >= 4 is 29.0 Å². The monoisotopic (exact) mass is 554 g/mol. The molecule has 0 fully saturated rings. The Hall–Kier alpha value is -3.95. The first-order valence-electron chi connectivity index (χ1n) is 13.7. The van der Waals surface area contributed by atoms with Crippen LogP contribution in [0, 0.1) is 0 Å². The van der Waals surface area contributed by atoms with Crippen LogP contribution in [0.5, 0.6) is 0 Å². The number of nitrogens with zero attached hydrogens (tertiary/aromatic N) is 6. The number of amides is 2. The maximum absolute atomic E-state index is 14.0. The van der Waals surface area contributed by atoms with Crippen molar-refractivity contribution in [2.45, 2.75) is 39.8 Å². The molecule has 2 aromatic heterocycles. The van der Waals surface area contributed by atoms with E-state index in [1.807, 2.05) is 53.3 Å². The second-order valence-corrected chi connectivity index (χ2v) is 10.8. The first-order chi connectivity index (χ1) is 19.5. The third-order valence-corrected chi connectivity index (χ3v) is 8.03. The molecule has 1 aliphatic rings. The molecule has 8 nitrogen and oxygen atoms in total. The highest BCUT2D eigenvalue weighted by Gasteiger charge is 2.26. The number of fused-ring (bicyclic) bond motifs is 1. The second kappa shape index (κ2) is 12.9. The summed E-state index contributed by atoms with van der Waals surface area (Å²) in [6.45, 7) is 7.42. The van der Waals surface area contributed by atoms with Crippen molar-refractivity contribution in [3.8, 4) is 11.1 Å². The van der Waals surface area contributed by atoms with Gasteiger partial charge in [0.15, 0.2) is 0 Å². The molecule has 0 radical (unpaired) electrons. The van der Waals surface area contributed by atoms with Gasteiger partial charge in [0.05, 0.1) is 5.69 Å². The van der Waals surface area contributed by atoms with Crippen LogP contribution in [0.25, 0.3) is 11.1 Å². The van der Waals surface area contributed by atoms with Gasteiger partial charge in [-0.15, -0.1) is 5.10 Å². The van der Waals surface area contributed by atoms with Crippen molar-refractivity contribution in [1.29, 1.82) is 0 Å². The minimum atomic E-state index is -0.0714. The molecule has 2 amide bonds. The first-order valence-corrected chi connectivity index (χ1v) is 14.5. The predicted octanol–water partition coefficient (Wildman–Crippen LogP) is 5.06. The quantitative estimate of drug-likeness (QED) is 0.343. The standard InChI is InChI=1S/C31H34N6O2S/c1-3-28-30(40-34-33-28)31(39)36-18-17-35(21-24-9-5-4-6-10-24)15-8-16-37(23(2)38)29-13-12-25(19-27(29)22-36)26-11-7-14-32-20-26/h4-7,9-14,19-20H,3,8,15-18,21-22H2,1-2H3. The number of hydrogen-bond donors (Lipinski definition) is 0. The molecule has 2 aromatic carbocycles. The zero-order valence-corrected chi connectivity index (χ0v) is 23.8. The number of carbonyl (C=O) groups is 2. The topological polar surface area (TPSA) is 82.5 Å². The van der Waals surface area contributed by atoms with E-state index >= 15 is 0 Å². The van der Waals surface area contributed by atoms with E-state index in [-0.39, 0.29) is 11.8 Å². The average Bonchev–Trinajstić information content (AvgIpc) is 3.45. The smallest absolute Gasteiger partial charge is 0.267 e. The Morgan fingerprint density at radius 1 is 0.950 bits per heavy atom. The van der Waals surface area contributed by atoms with Crippen molar-refractivity contribution in [1.82, 2.24) is 24.4 Å². The summed E-state index contributed by atoms with van der Waals surface area (Å²) in [4.78, 5) is 37.9. The molecule has 0 aliphatic carbocycles. The summed E-state index contributed by atoms with van der Waals surface area (Å²) in [5.41, 5.74) is 5.70. The summed E-state index contributed by atoms with van der Waals surface area (Å²) in [6.07, 6.45) is 5.05. The molecule has 5 rings (SSSR count). The Labute approximate surface area is 239 Å². The van der Waals surface area contributed by atoms with E-state index in [0.717, 1.165) is 59.1 Å². The fraction of sp³-hybridized carbons (Fsp3) is 0.323. The van der Waals surface area contributed by atoms with Crippen LogP contribution in [0.2, 0.25) is 0 Å². The molecule has 4 aromatic rings. The molecule has 0 N–H and O–H groups in total. The van der Waals surface area contributed by atoms with E-state index in [2.05, 4.69) is 49.8 Å². The maximum atomic E-state index is 14.0. The zero-order valence-electron chi connectivity index (χ0n) is 23.0. The van der Waals surface area contributed by atoms with Gasteiger partial charge in [0.25, 0.3) is 5.91 Å². The molecule has 1 aliphatic heterocycles. The third-order valence-electron chi connectivity index (χ3n) is 7.27. The van der Waals surface area contributed by atoms with Crippen LogP contribution in [0.4, 0.5) is 5.69 Å². The number of aryl methyl sites for hydroxylation is 1. The molecule has 0 bridgehead atoms. The number of rotatable bonds is 5. The van der Waals surface area contributed by atoms with Crippen LogP contribution in [0.3, 0.4) is 0 Å². The van der Waals surface area contributed by atoms with Crippen LogP contribution in [-0.4, -0.2) is 62.4 Å². The predicted molar refractivity (Wildman–Crippen MR) is 158 cm³/mol. The van der Waals surface area contributed by atoms with Gasteiger partial charge in [-0.1, -0.05) is 53.9 Å². The summed E-state index contributed by atoms with van der Waals surface area (Å²) in [7, 11) is 0. The first kappa shape index (κ1) is 27.6. The van der Waals surface area contributed by atoms with Crippen molar-refractivity contribution < 1.29 is 9.59 Å². The fourth-order valence-electron chi connectivity index (χ4n) is 5.17. The van der Waals surface area contributed by atoms with Crippen molar-refractivity contribution in [2.24, 2.45) is 0 Å². The maximum Gasteiger partial charge on any atom is 0.267 e. The largest absolute Gasteiger partial charge is 0.332 e. The van der Waals surface area contributed by atoms with E-state index in [0.29, 0.717) is 37.5 Å². The second-order valence-electron chi connectivity index (χ2n) is 10.0. The lowest BCUT2D eigenvalue weighted by Crippen LogP contribution is -2.38. The molecule has 0 spiro atoms. The van der Waals surface area contributed by atoms with Crippen molar-refractivity contribution in [3.63, 3.8) is 0 Å². The SMILES string of the molecule is CCc1nnsc1C(=O)N1CCN(Cc2ccccc2)CCCN(C(C)=O)c2ccc(-c3cccnc3)cc2C1. The Morgan fingerprint density at radius 2 is 1.80 bits per heavy atom. The Bertz CT molecular complexity index is 1440. The van der Waals surface area contributed by atoms with Gasteiger partial charge in [0, 0.05) is 64.3 Å². The van der Waals surface area contributed by atoms with Gasteiger partial charge in [0.1, 0.15) is 4.88 Å². The molecule has 0 atom stereocenters. The summed E-state index contributed by atoms with van der Waals surface area (Å²) in [5, 5.41) is 4.20. The lowest BCUT2D eigenvalue weighted by Gasteiger charge is -2.28. The zero-order chi connectivity index (χ0) is 27.9. The molecule has 3 heterocycles. The number of carbonyl (C=O) groups excluding carboxylic acids is 2. The van der Waals surface area contributed by atoms with Gasteiger partial charge in [0.2, 0.25) is 5.91 Å². The molecule has 0 saturated carbocycles. The van der Waals surface area contributed by atoms with E-state index in [4.69, 9.17) is 0 Å². The summed E-state index contributed by atoms with van der Waals surface area (Å²) >= 11 is 1.15. The van der Waals surface area contributed by atoms with Gasteiger partial charge in [-0.05, 0) is 64.8 Å². The summed E-state index contributed by atoms with van der Waals surface area (Å²) in [5.74, 6) is -0.0834. The minimum Gasteiger partial charge on any atom is -0.332 e. The minimum absolute atomic E-state index is 0.0120. The van der Waals surface area contributed by atoms with Gasteiger partial charge < -0.3 is 9.80 Å². The highest BCUT2D eigenvalue weighted by atomic mass is 32.1. The molecule has 206 valence electrons. The highest BCUT2D eigenvalue weighted by Crippen LogP contribution is 2.30. The van der Waals surface area contributed by atoms with Crippen LogP contribution < -0.4 is 4.90 Å². The Kier molecular flexibility index (Phi) is 8.93. The van der Waals surface area contributed by atoms with Gasteiger partial charge in [-0.2, -0.15) is 0 Å². The summed E-state index contributed by atoms with van der Waals surface area (Å²) in [6, 6.07) is 20.4. The van der Waals surface area contributed by atoms with E-state index in [1.54, 1.807) is 13.1 Å². The van der Waals surface area contributed by atoms with Crippen LogP contribution in [0.1, 0.15) is 46.8 Å². The van der Waals surface area contributed by atoms with Crippen molar-refractivity contribution in [2.75, 3.05) is 31.1 Å². The molecule has 0 unspecified atom stereocenters. The third kappa shape index (κ3) is 6.43.